The highest BCUT2D eigenvalue weighted by Gasteiger charge is 2.25. The quantitative estimate of drug-likeness (QED) is 0.903. The molecular formula is C14H19FN2O3. The van der Waals surface area contributed by atoms with Crippen molar-refractivity contribution in [2.45, 2.75) is 26.8 Å². The highest BCUT2D eigenvalue weighted by atomic mass is 19.1. The monoisotopic (exact) mass is 282 g/mol. The van der Waals surface area contributed by atoms with Crippen molar-refractivity contribution < 1.29 is 19.1 Å². The van der Waals surface area contributed by atoms with Gasteiger partial charge in [0.2, 0.25) is 0 Å². The number of rotatable bonds is 5. The van der Waals surface area contributed by atoms with E-state index in [9.17, 15) is 14.0 Å². The van der Waals surface area contributed by atoms with Gasteiger partial charge < -0.3 is 10.0 Å². The normalized spacial score (nSPS) is 10.4. The van der Waals surface area contributed by atoms with Crippen LogP contribution in [0.15, 0.2) is 24.3 Å². The maximum atomic E-state index is 12.9. The van der Waals surface area contributed by atoms with Crippen LogP contribution in [0.3, 0.4) is 0 Å². The molecule has 1 N–H and O–H groups in total. The predicted molar refractivity (Wildman–Crippen MR) is 74.3 cm³/mol. The fourth-order valence-corrected chi connectivity index (χ4v) is 1.82. The molecule has 0 aromatic heterocycles. The Morgan fingerprint density at radius 3 is 2.20 bits per heavy atom. The summed E-state index contributed by atoms with van der Waals surface area (Å²) in [6.45, 7) is 5.28. The molecule has 1 aromatic carbocycles. The van der Waals surface area contributed by atoms with Crippen molar-refractivity contribution in [2.24, 2.45) is 0 Å². The van der Waals surface area contributed by atoms with Crippen molar-refractivity contribution in [1.29, 1.82) is 0 Å². The molecule has 0 aliphatic heterocycles. The molecule has 0 aliphatic carbocycles. The molecule has 1 aromatic rings. The molecule has 1 rings (SSSR count). The van der Waals surface area contributed by atoms with Gasteiger partial charge in [0.1, 0.15) is 12.4 Å². The van der Waals surface area contributed by atoms with Gasteiger partial charge in [-0.05, 0) is 45.0 Å². The van der Waals surface area contributed by atoms with Gasteiger partial charge in [0.15, 0.2) is 0 Å². The summed E-state index contributed by atoms with van der Waals surface area (Å²) in [6.07, 6.45) is 0. The van der Waals surface area contributed by atoms with Crippen molar-refractivity contribution in [3.05, 3.63) is 30.1 Å². The van der Waals surface area contributed by atoms with E-state index in [4.69, 9.17) is 5.11 Å². The lowest BCUT2D eigenvalue weighted by Crippen LogP contribution is -2.48. The molecule has 0 spiro atoms. The predicted octanol–water partition coefficient (Wildman–Crippen LogP) is 2.57. The molecule has 5 nitrogen and oxygen atoms in total. The summed E-state index contributed by atoms with van der Waals surface area (Å²) in [4.78, 5) is 26.0. The first-order valence-electron chi connectivity index (χ1n) is 6.42. The van der Waals surface area contributed by atoms with Crippen LogP contribution in [0, 0.1) is 5.82 Å². The van der Waals surface area contributed by atoms with Crippen LogP contribution in [0.4, 0.5) is 14.9 Å². The van der Waals surface area contributed by atoms with E-state index in [2.05, 4.69) is 0 Å². The minimum absolute atomic E-state index is 0.243. The third-order valence-electron chi connectivity index (χ3n) is 2.86. The molecule has 2 amide bonds. The van der Waals surface area contributed by atoms with Crippen LogP contribution < -0.4 is 4.90 Å². The molecule has 0 saturated carbocycles. The SMILES string of the molecule is CCN(C(=O)N(CC(=O)O)C(C)C)c1ccc(F)cc1. The number of nitrogens with zero attached hydrogens (tertiary/aromatic N) is 2. The highest BCUT2D eigenvalue weighted by Crippen LogP contribution is 2.17. The number of benzene rings is 1. The number of carbonyl (C=O) groups excluding carboxylic acids is 1. The van der Waals surface area contributed by atoms with Crippen LogP contribution in [0.5, 0.6) is 0 Å². The van der Waals surface area contributed by atoms with Crippen LogP contribution in [0.2, 0.25) is 0 Å². The lowest BCUT2D eigenvalue weighted by atomic mass is 10.2. The second-order valence-electron chi connectivity index (χ2n) is 4.62. The molecule has 0 heterocycles. The molecule has 0 aliphatic rings. The van der Waals surface area contributed by atoms with Gasteiger partial charge in [-0.3, -0.25) is 9.69 Å². The van der Waals surface area contributed by atoms with Crippen LogP contribution in [0.1, 0.15) is 20.8 Å². The molecule has 20 heavy (non-hydrogen) atoms. The zero-order chi connectivity index (χ0) is 15.3. The van der Waals surface area contributed by atoms with E-state index < -0.39 is 12.0 Å². The molecule has 0 atom stereocenters. The number of halogens is 1. The van der Waals surface area contributed by atoms with E-state index in [0.29, 0.717) is 12.2 Å². The van der Waals surface area contributed by atoms with Crippen LogP contribution in [0.25, 0.3) is 0 Å². The lowest BCUT2D eigenvalue weighted by molar-refractivity contribution is -0.137. The minimum Gasteiger partial charge on any atom is -0.480 e. The van der Waals surface area contributed by atoms with E-state index in [0.717, 1.165) is 0 Å². The molecule has 0 radical (unpaired) electrons. The van der Waals surface area contributed by atoms with E-state index in [1.165, 1.54) is 34.1 Å². The first-order valence-corrected chi connectivity index (χ1v) is 6.42. The summed E-state index contributed by atoms with van der Waals surface area (Å²) in [5.41, 5.74) is 0.537. The first kappa shape index (κ1) is 15.9. The third kappa shape index (κ3) is 3.94. The van der Waals surface area contributed by atoms with Gasteiger partial charge in [0.25, 0.3) is 0 Å². The van der Waals surface area contributed by atoms with Gasteiger partial charge in [-0.1, -0.05) is 0 Å². The molecule has 0 saturated heterocycles. The number of carbonyl (C=O) groups is 2. The van der Waals surface area contributed by atoms with Crippen LogP contribution >= 0.6 is 0 Å². The Bertz CT molecular complexity index is 474. The summed E-state index contributed by atoms with van der Waals surface area (Å²) in [5.74, 6) is -1.45. The molecule has 6 heteroatoms. The van der Waals surface area contributed by atoms with E-state index in [-0.39, 0.29) is 18.4 Å². The largest absolute Gasteiger partial charge is 0.480 e. The van der Waals surface area contributed by atoms with Crippen molar-refractivity contribution >= 4 is 17.7 Å². The van der Waals surface area contributed by atoms with Crippen LogP contribution in [-0.4, -0.2) is 41.1 Å². The topological polar surface area (TPSA) is 60.9 Å². The summed E-state index contributed by atoms with van der Waals surface area (Å²) in [6, 6.07) is 4.88. The fraction of sp³-hybridized carbons (Fsp3) is 0.429. The number of anilines is 1. The first-order chi connectivity index (χ1) is 9.36. The van der Waals surface area contributed by atoms with Gasteiger partial charge >= 0.3 is 12.0 Å². The Morgan fingerprint density at radius 2 is 1.80 bits per heavy atom. The molecular weight excluding hydrogens is 263 g/mol. The van der Waals surface area contributed by atoms with Gasteiger partial charge in [-0.2, -0.15) is 0 Å². The number of aliphatic carboxylic acids is 1. The zero-order valence-corrected chi connectivity index (χ0v) is 11.8. The Morgan fingerprint density at radius 1 is 1.25 bits per heavy atom. The van der Waals surface area contributed by atoms with E-state index >= 15 is 0 Å². The fourth-order valence-electron chi connectivity index (χ4n) is 1.82. The zero-order valence-electron chi connectivity index (χ0n) is 11.8. The second kappa shape index (κ2) is 6.88. The number of urea groups is 1. The van der Waals surface area contributed by atoms with Crippen molar-refractivity contribution in [3.8, 4) is 0 Å². The number of carboxylic acids is 1. The number of carboxylic acid groups (broad SMARTS) is 1. The summed E-state index contributed by atoms with van der Waals surface area (Å²) < 4.78 is 12.9. The van der Waals surface area contributed by atoms with E-state index in [1.54, 1.807) is 20.8 Å². The molecule has 0 bridgehead atoms. The Hall–Kier alpha value is -2.11. The van der Waals surface area contributed by atoms with Crippen molar-refractivity contribution in [3.63, 3.8) is 0 Å². The minimum atomic E-state index is -1.07. The summed E-state index contributed by atoms with van der Waals surface area (Å²) >= 11 is 0. The Kier molecular flexibility index (Phi) is 5.49. The average Bonchev–Trinajstić information content (AvgIpc) is 2.38. The third-order valence-corrected chi connectivity index (χ3v) is 2.86. The average molecular weight is 282 g/mol. The maximum absolute atomic E-state index is 12.9. The summed E-state index contributed by atoms with van der Waals surface area (Å²) in [5, 5.41) is 8.88. The van der Waals surface area contributed by atoms with Crippen LogP contribution in [-0.2, 0) is 4.79 Å². The van der Waals surface area contributed by atoms with Crippen molar-refractivity contribution in [2.75, 3.05) is 18.0 Å². The second-order valence-corrected chi connectivity index (χ2v) is 4.62. The molecule has 110 valence electrons. The Labute approximate surface area is 117 Å². The summed E-state index contributed by atoms with van der Waals surface area (Å²) in [7, 11) is 0. The lowest BCUT2D eigenvalue weighted by Gasteiger charge is -2.31. The van der Waals surface area contributed by atoms with E-state index in [1.807, 2.05) is 0 Å². The number of hydrogen-bond acceptors (Lipinski definition) is 2. The number of amides is 2. The smallest absolute Gasteiger partial charge is 0.325 e. The molecule has 0 fully saturated rings. The standard InChI is InChI=1S/C14H19FN2O3/c1-4-16(12-7-5-11(15)6-8-12)14(20)17(10(2)3)9-13(18)19/h5-8,10H,4,9H2,1-3H3,(H,18,19). The highest BCUT2D eigenvalue weighted by molar-refractivity contribution is 5.93. The maximum Gasteiger partial charge on any atom is 0.325 e. The van der Waals surface area contributed by atoms with Gasteiger partial charge in [0, 0.05) is 18.3 Å². The molecule has 0 unspecified atom stereocenters. The van der Waals surface area contributed by atoms with Gasteiger partial charge in [0.05, 0.1) is 0 Å². The Balaban J connectivity index is 3.00. The number of hydrogen-bond donors (Lipinski definition) is 1. The van der Waals surface area contributed by atoms with Crippen molar-refractivity contribution in [1.82, 2.24) is 4.90 Å². The van der Waals surface area contributed by atoms with Gasteiger partial charge in [-0.15, -0.1) is 0 Å². The van der Waals surface area contributed by atoms with Gasteiger partial charge in [-0.25, -0.2) is 9.18 Å².